The Hall–Kier alpha value is -2.82. The maximum Gasteiger partial charge on any atom is 0.573 e. The van der Waals surface area contributed by atoms with E-state index in [2.05, 4.69) is 19.9 Å². The summed E-state index contributed by atoms with van der Waals surface area (Å²) in [4.78, 5) is 4.08. The maximum atomic E-state index is 13.0. The number of hydrogen-bond acceptors (Lipinski definition) is 5. The monoisotopic (exact) mass is 374 g/mol. The van der Waals surface area contributed by atoms with E-state index in [0.29, 0.717) is 5.56 Å². The minimum Gasteiger partial charge on any atom is -0.405 e. The molecular weight excluding hydrogens is 363 g/mol. The Balaban J connectivity index is 2.04. The number of benzene rings is 1. The van der Waals surface area contributed by atoms with Crippen LogP contribution in [0.15, 0.2) is 30.6 Å². The van der Waals surface area contributed by atoms with E-state index in [1.807, 2.05) is 0 Å². The van der Waals surface area contributed by atoms with E-state index in [4.69, 9.17) is 4.74 Å². The van der Waals surface area contributed by atoms with Gasteiger partial charge in [0.15, 0.2) is 5.65 Å². The number of ether oxygens (including phenoxy) is 2. The van der Waals surface area contributed by atoms with Crippen molar-refractivity contribution in [2.45, 2.75) is 19.4 Å². The zero-order valence-electron chi connectivity index (χ0n) is 13.2. The molecule has 3 aromatic rings. The molecule has 0 bridgehead atoms. The first-order chi connectivity index (χ1) is 12.3. The van der Waals surface area contributed by atoms with Gasteiger partial charge in [0.2, 0.25) is 5.82 Å². The summed E-state index contributed by atoms with van der Waals surface area (Å²) >= 11 is 0. The second-order valence-corrected chi connectivity index (χ2v) is 5.16. The number of fused-ring (bicyclic) bond motifs is 1. The molecule has 0 amide bonds. The van der Waals surface area contributed by atoms with Crippen molar-refractivity contribution >= 4 is 5.65 Å². The average Bonchev–Trinajstić information content (AvgIpc) is 2.98. The Morgan fingerprint density at radius 1 is 1.19 bits per heavy atom. The Morgan fingerprint density at radius 2 is 1.96 bits per heavy atom. The molecule has 0 saturated carbocycles. The van der Waals surface area contributed by atoms with Gasteiger partial charge in [-0.25, -0.2) is 8.78 Å². The van der Waals surface area contributed by atoms with Crippen LogP contribution in [0, 0.1) is 0 Å². The third-order valence-corrected chi connectivity index (χ3v) is 3.40. The van der Waals surface area contributed by atoms with Gasteiger partial charge in [0.25, 0.3) is 6.43 Å². The smallest absolute Gasteiger partial charge is 0.405 e. The topological polar surface area (TPSA) is 61.5 Å². The van der Waals surface area contributed by atoms with Gasteiger partial charge in [0, 0.05) is 24.4 Å². The number of methoxy groups -OCH3 is 1. The molecule has 0 spiro atoms. The SMILES string of the molecule is COCc1cc(-c2cn3c(C(F)F)nnc3cn2)ccc1OC(F)(F)F. The van der Waals surface area contributed by atoms with Gasteiger partial charge in [-0.15, -0.1) is 23.4 Å². The molecule has 0 fully saturated rings. The normalized spacial score (nSPS) is 12.1. The van der Waals surface area contributed by atoms with E-state index >= 15 is 0 Å². The molecule has 0 aliphatic carbocycles. The first-order valence-corrected chi connectivity index (χ1v) is 7.15. The maximum absolute atomic E-state index is 13.0. The van der Waals surface area contributed by atoms with Crippen LogP contribution in [0.5, 0.6) is 5.75 Å². The third kappa shape index (κ3) is 3.72. The van der Waals surface area contributed by atoms with E-state index in [0.717, 1.165) is 10.5 Å². The van der Waals surface area contributed by atoms with Crippen LogP contribution >= 0.6 is 0 Å². The summed E-state index contributed by atoms with van der Waals surface area (Å²) in [5, 5.41) is 6.97. The van der Waals surface area contributed by atoms with Crippen LogP contribution in [-0.4, -0.2) is 33.1 Å². The van der Waals surface area contributed by atoms with E-state index in [9.17, 15) is 22.0 Å². The fraction of sp³-hybridized carbons (Fsp3) is 0.267. The van der Waals surface area contributed by atoms with Crippen molar-refractivity contribution in [1.82, 2.24) is 19.6 Å². The molecule has 0 atom stereocenters. The summed E-state index contributed by atoms with van der Waals surface area (Å²) in [6, 6.07) is 3.83. The summed E-state index contributed by atoms with van der Waals surface area (Å²) in [6.07, 6.45) is -5.17. The fourth-order valence-corrected chi connectivity index (χ4v) is 2.35. The summed E-state index contributed by atoms with van der Waals surface area (Å²) in [7, 11) is 1.32. The number of halogens is 5. The van der Waals surface area contributed by atoms with Gasteiger partial charge in [0.1, 0.15) is 5.75 Å². The van der Waals surface area contributed by atoms with Gasteiger partial charge >= 0.3 is 6.36 Å². The highest BCUT2D eigenvalue weighted by Gasteiger charge is 2.32. The lowest BCUT2D eigenvalue weighted by atomic mass is 10.1. The first kappa shape index (κ1) is 18.0. The number of nitrogens with zero attached hydrogens (tertiary/aromatic N) is 4. The van der Waals surface area contributed by atoms with Gasteiger partial charge in [-0.05, 0) is 18.2 Å². The molecule has 138 valence electrons. The molecule has 6 nitrogen and oxygen atoms in total. The Morgan fingerprint density at radius 3 is 2.62 bits per heavy atom. The van der Waals surface area contributed by atoms with Gasteiger partial charge in [0.05, 0.1) is 18.5 Å². The van der Waals surface area contributed by atoms with Crippen LogP contribution in [0.25, 0.3) is 16.9 Å². The number of alkyl halides is 5. The molecule has 1 aromatic carbocycles. The van der Waals surface area contributed by atoms with Crippen molar-refractivity contribution in [3.63, 3.8) is 0 Å². The van der Waals surface area contributed by atoms with Gasteiger partial charge in [-0.2, -0.15) is 0 Å². The summed E-state index contributed by atoms with van der Waals surface area (Å²) in [6.45, 7) is -0.142. The molecule has 0 unspecified atom stereocenters. The minimum atomic E-state index is -4.85. The molecule has 0 saturated heterocycles. The molecule has 2 aromatic heterocycles. The van der Waals surface area contributed by atoms with Gasteiger partial charge in [-0.1, -0.05) is 0 Å². The average molecular weight is 374 g/mol. The number of aromatic nitrogens is 4. The molecule has 3 rings (SSSR count). The zero-order chi connectivity index (χ0) is 18.9. The van der Waals surface area contributed by atoms with Crippen molar-refractivity contribution in [1.29, 1.82) is 0 Å². The highest BCUT2D eigenvalue weighted by Crippen LogP contribution is 2.31. The second kappa shape index (κ2) is 6.83. The minimum absolute atomic E-state index is 0.123. The zero-order valence-corrected chi connectivity index (χ0v) is 13.2. The number of hydrogen-bond donors (Lipinski definition) is 0. The Kier molecular flexibility index (Phi) is 4.72. The highest BCUT2D eigenvalue weighted by molar-refractivity contribution is 5.62. The van der Waals surface area contributed by atoms with Crippen LogP contribution in [0.1, 0.15) is 17.8 Å². The Labute approximate surface area is 143 Å². The lowest BCUT2D eigenvalue weighted by molar-refractivity contribution is -0.275. The summed E-state index contributed by atoms with van der Waals surface area (Å²) < 4.78 is 73.3. The fourth-order valence-electron chi connectivity index (χ4n) is 2.35. The quantitative estimate of drug-likeness (QED) is 0.636. The lowest BCUT2D eigenvalue weighted by Crippen LogP contribution is -2.18. The van der Waals surface area contributed by atoms with Crippen LogP contribution in [0.4, 0.5) is 22.0 Å². The van der Waals surface area contributed by atoms with Gasteiger partial charge in [-0.3, -0.25) is 9.38 Å². The molecule has 2 heterocycles. The van der Waals surface area contributed by atoms with Crippen molar-refractivity contribution in [3.8, 4) is 17.0 Å². The first-order valence-electron chi connectivity index (χ1n) is 7.15. The predicted molar refractivity (Wildman–Crippen MR) is 78.6 cm³/mol. The Bertz CT molecular complexity index is 926. The second-order valence-electron chi connectivity index (χ2n) is 5.16. The van der Waals surface area contributed by atoms with E-state index in [-0.39, 0.29) is 23.5 Å². The molecule has 0 aliphatic rings. The molecule has 11 heteroatoms. The highest BCUT2D eigenvalue weighted by atomic mass is 19.4. The van der Waals surface area contributed by atoms with Gasteiger partial charge < -0.3 is 9.47 Å². The standard InChI is InChI=1S/C15H11F5N4O2/c1-25-7-9-4-8(2-3-11(9)26-15(18,19)20)10-6-24-12(5-21-10)22-23-14(24)13(16)17/h2-6,13H,7H2,1H3. The summed E-state index contributed by atoms with van der Waals surface area (Å²) in [5.74, 6) is -0.973. The van der Waals surface area contributed by atoms with Crippen LogP contribution in [0.2, 0.25) is 0 Å². The van der Waals surface area contributed by atoms with Crippen LogP contribution in [0.3, 0.4) is 0 Å². The molecular formula is C15H11F5N4O2. The van der Waals surface area contributed by atoms with Crippen LogP contribution in [-0.2, 0) is 11.3 Å². The number of rotatable bonds is 5. The van der Waals surface area contributed by atoms with E-state index < -0.39 is 24.4 Å². The van der Waals surface area contributed by atoms with Crippen molar-refractivity contribution in [2.75, 3.05) is 7.11 Å². The van der Waals surface area contributed by atoms with E-state index in [1.165, 1.54) is 31.6 Å². The van der Waals surface area contributed by atoms with Crippen molar-refractivity contribution < 1.29 is 31.4 Å². The third-order valence-electron chi connectivity index (χ3n) is 3.40. The molecule has 0 aliphatic heterocycles. The van der Waals surface area contributed by atoms with Crippen molar-refractivity contribution in [3.05, 3.63) is 42.0 Å². The molecule has 0 radical (unpaired) electrons. The van der Waals surface area contributed by atoms with E-state index in [1.54, 1.807) is 0 Å². The summed E-state index contributed by atoms with van der Waals surface area (Å²) in [5.41, 5.74) is 0.887. The molecule has 0 N–H and O–H groups in total. The van der Waals surface area contributed by atoms with Crippen LogP contribution < -0.4 is 4.74 Å². The van der Waals surface area contributed by atoms with Crippen molar-refractivity contribution in [2.24, 2.45) is 0 Å². The predicted octanol–water partition coefficient (Wildman–Crippen LogP) is 3.77. The largest absolute Gasteiger partial charge is 0.573 e. The lowest BCUT2D eigenvalue weighted by Gasteiger charge is -2.14. The molecule has 26 heavy (non-hydrogen) atoms.